The molecule has 0 saturated carbocycles. The number of anilines is 2. The van der Waals surface area contributed by atoms with Crippen molar-refractivity contribution < 1.29 is 61.8 Å². The fraction of sp³-hybridized carbons (Fsp3) is 0.263. The standard InChI is InChI=1S/C38H40N4O14S4/c1-55-31-15-11-27(21-35(31)57(45,46)41-17-3-4-18-41)37(43)39-29-13-9-25(33(23-29)59(49,50)51)7-8-26-10-14-30(24-34(26)60(52,53)54)40-38(44)28-12-16-32(56-2)36(22-28)58(47,48)42-19-5-6-20-42/h7-16,21-24H,3-6,17-20H2,1-2H3,(H,39,43)(H,40,44)(H,49,50,51)(H,52,53,54)/b8-7+. The van der Waals surface area contributed by atoms with Crippen LogP contribution in [0.4, 0.5) is 11.4 Å². The van der Waals surface area contributed by atoms with Gasteiger partial charge in [0.05, 0.1) is 14.2 Å². The van der Waals surface area contributed by atoms with Crippen LogP contribution in [-0.2, 0) is 40.3 Å². The minimum absolute atomic E-state index is 0.0228. The summed E-state index contributed by atoms with van der Waals surface area (Å²) in [5, 5.41) is 4.95. The van der Waals surface area contributed by atoms with Crippen LogP contribution in [0.2, 0.25) is 0 Å². The molecule has 18 nitrogen and oxygen atoms in total. The van der Waals surface area contributed by atoms with Gasteiger partial charge < -0.3 is 20.1 Å². The lowest BCUT2D eigenvalue weighted by molar-refractivity contribution is 0.101. The summed E-state index contributed by atoms with van der Waals surface area (Å²) in [6.45, 7) is 1.24. The fourth-order valence-corrected chi connectivity index (χ4v) is 11.5. The van der Waals surface area contributed by atoms with Crippen molar-refractivity contribution in [3.63, 3.8) is 0 Å². The van der Waals surface area contributed by atoms with Crippen molar-refractivity contribution >= 4 is 75.6 Å². The first-order chi connectivity index (χ1) is 28.2. The van der Waals surface area contributed by atoms with Gasteiger partial charge in [0.2, 0.25) is 20.0 Å². The third kappa shape index (κ3) is 9.55. The van der Waals surface area contributed by atoms with Crippen LogP contribution in [0, 0.1) is 0 Å². The Morgan fingerprint density at radius 3 is 1.20 bits per heavy atom. The highest BCUT2D eigenvalue weighted by atomic mass is 32.2. The van der Waals surface area contributed by atoms with Gasteiger partial charge in [-0.1, -0.05) is 24.3 Å². The SMILES string of the molecule is COc1ccc(C(=O)Nc2ccc(/C=C/c3ccc(NC(=O)c4ccc(OC)c(S(=O)(=O)N5CCCC5)c4)cc3S(=O)(=O)O)c(S(=O)(=O)O)c2)cc1S(=O)(=O)N1CCCC1. The number of benzene rings is 4. The molecular weight excluding hydrogens is 865 g/mol. The zero-order chi connectivity index (χ0) is 43.6. The number of carbonyl (C=O) groups is 2. The van der Waals surface area contributed by atoms with Crippen molar-refractivity contribution in [1.29, 1.82) is 0 Å². The summed E-state index contributed by atoms with van der Waals surface area (Å²) < 4.78 is 136. The maximum absolute atomic E-state index is 13.3. The summed E-state index contributed by atoms with van der Waals surface area (Å²) in [5.74, 6) is -1.58. The molecule has 2 aliphatic rings. The molecule has 320 valence electrons. The molecular formula is C38H40N4O14S4. The Morgan fingerprint density at radius 2 is 0.883 bits per heavy atom. The number of sulfonamides is 2. The van der Waals surface area contributed by atoms with Crippen LogP contribution in [0.15, 0.2) is 92.4 Å². The molecule has 2 aliphatic heterocycles. The Morgan fingerprint density at radius 1 is 0.533 bits per heavy atom. The number of amides is 2. The number of ether oxygens (including phenoxy) is 2. The Kier molecular flexibility index (Phi) is 12.9. The van der Waals surface area contributed by atoms with E-state index in [0.717, 1.165) is 36.4 Å². The number of hydrogen-bond donors (Lipinski definition) is 4. The van der Waals surface area contributed by atoms with Gasteiger partial charge in [0.15, 0.2) is 0 Å². The van der Waals surface area contributed by atoms with Crippen LogP contribution in [0.1, 0.15) is 57.5 Å². The summed E-state index contributed by atoms with van der Waals surface area (Å²) in [6, 6.07) is 14.4. The normalized spacial score (nSPS) is 15.6. The van der Waals surface area contributed by atoms with Crippen LogP contribution in [0.5, 0.6) is 11.5 Å². The van der Waals surface area contributed by atoms with Gasteiger partial charge in [-0.3, -0.25) is 18.7 Å². The first kappa shape index (κ1) is 44.4. The molecule has 2 fully saturated rings. The highest BCUT2D eigenvalue weighted by Gasteiger charge is 2.32. The summed E-state index contributed by atoms with van der Waals surface area (Å²) in [4.78, 5) is 24.7. The van der Waals surface area contributed by atoms with Crippen molar-refractivity contribution in [3.8, 4) is 11.5 Å². The summed E-state index contributed by atoms with van der Waals surface area (Å²) in [7, 11) is -15.4. The minimum Gasteiger partial charge on any atom is -0.495 e. The average Bonchev–Trinajstić information content (AvgIpc) is 3.96. The van der Waals surface area contributed by atoms with E-state index in [9.17, 15) is 52.4 Å². The van der Waals surface area contributed by atoms with Crippen molar-refractivity contribution in [2.45, 2.75) is 45.3 Å². The predicted octanol–water partition coefficient (Wildman–Crippen LogP) is 4.44. The lowest BCUT2D eigenvalue weighted by Gasteiger charge is -2.18. The summed E-state index contributed by atoms with van der Waals surface area (Å²) >= 11 is 0. The molecule has 0 bridgehead atoms. The van der Waals surface area contributed by atoms with Crippen molar-refractivity contribution in [2.24, 2.45) is 0 Å². The maximum Gasteiger partial charge on any atom is 0.295 e. The zero-order valence-corrected chi connectivity index (χ0v) is 35.3. The second kappa shape index (κ2) is 17.4. The Balaban J connectivity index is 1.24. The molecule has 4 aromatic rings. The zero-order valence-electron chi connectivity index (χ0n) is 32.1. The quantitative estimate of drug-likeness (QED) is 0.101. The second-order valence-corrected chi connectivity index (χ2v) is 20.2. The van der Waals surface area contributed by atoms with Crippen LogP contribution in [-0.4, -0.2) is 104 Å². The van der Waals surface area contributed by atoms with Crippen LogP contribution in [0.3, 0.4) is 0 Å². The highest BCUT2D eigenvalue weighted by molar-refractivity contribution is 7.89. The molecule has 0 aliphatic carbocycles. The number of hydrogen-bond acceptors (Lipinski definition) is 12. The predicted molar refractivity (Wildman–Crippen MR) is 219 cm³/mol. The molecule has 6 rings (SSSR count). The minimum atomic E-state index is -4.98. The van der Waals surface area contributed by atoms with Gasteiger partial charge in [-0.25, -0.2) is 16.8 Å². The topological polar surface area (TPSA) is 260 Å². The van der Waals surface area contributed by atoms with Gasteiger partial charge in [0, 0.05) is 48.7 Å². The first-order valence-corrected chi connectivity index (χ1v) is 23.9. The van der Waals surface area contributed by atoms with Gasteiger partial charge in [-0.15, -0.1) is 0 Å². The van der Waals surface area contributed by atoms with E-state index >= 15 is 0 Å². The second-order valence-electron chi connectivity index (χ2n) is 13.7. The maximum atomic E-state index is 13.3. The number of rotatable bonds is 14. The lowest BCUT2D eigenvalue weighted by atomic mass is 10.1. The lowest BCUT2D eigenvalue weighted by Crippen LogP contribution is -2.28. The molecule has 2 heterocycles. The Bertz CT molecular complexity index is 2640. The largest absolute Gasteiger partial charge is 0.495 e. The van der Waals surface area contributed by atoms with Gasteiger partial charge in [-0.05, 0) is 97.5 Å². The molecule has 4 N–H and O–H groups in total. The van der Waals surface area contributed by atoms with Gasteiger partial charge in [-0.2, -0.15) is 25.4 Å². The molecule has 0 aromatic heterocycles. The van der Waals surface area contributed by atoms with E-state index in [1.54, 1.807) is 0 Å². The summed E-state index contributed by atoms with van der Waals surface area (Å²) in [5.41, 5.74) is -0.750. The van der Waals surface area contributed by atoms with E-state index in [0.29, 0.717) is 51.9 Å². The molecule has 2 amide bonds. The fourth-order valence-electron chi connectivity index (χ4n) is 6.71. The first-order valence-electron chi connectivity index (χ1n) is 18.1. The van der Waals surface area contributed by atoms with Crippen LogP contribution in [0.25, 0.3) is 12.2 Å². The smallest absolute Gasteiger partial charge is 0.295 e. The third-order valence-corrected chi connectivity index (χ3v) is 15.4. The van der Waals surface area contributed by atoms with Gasteiger partial charge in [0.25, 0.3) is 32.1 Å². The molecule has 0 atom stereocenters. The summed E-state index contributed by atoms with van der Waals surface area (Å²) in [6.07, 6.45) is 4.97. The van der Waals surface area contributed by atoms with Crippen molar-refractivity contribution in [1.82, 2.24) is 8.61 Å². The van der Waals surface area contributed by atoms with Crippen molar-refractivity contribution in [2.75, 3.05) is 51.0 Å². The molecule has 22 heteroatoms. The molecule has 60 heavy (non-hydrogen) atoms. The molecule has 2 saturated heterocycles. The molecule has 0 spiro atoms. The van der Waals surface area contributed by atoms with Gasteiger partial charge >= 0.3 is 0 Å². The van der Waals surface area contributed by atoms with Crippen LogP contribution < -0.4 is 20.1 Å². The number of methoxy groups -OCH3 is 2. The molecule has 0 radical (unpaired) electrons. The van der Waals surface area contributed by atoms with E-state index < -0.39 is 61.9 Å². The van der Waals surface area contributed by atoms with E-state index in [1.165, 1.54) is 71.4 Å². The third-order valence-electron chi connectivity index (χ3n) is 9.76. The van der Waals surface area contributed by atoms with Gasteiger partial charge in [0.1, 0.15) is 31.1 Å². The average molecular weight is 905 g/mol. The van der Waals surface area contributed by atoms with E-state index in [2.05, 4.69) is 10.6 Å². The van der Waals surface area contributed by atoms with Crippen LogP contribution >= 0.6 is 0 Å². The van der Waals surface area contributed by atoms with E-state index in [1.807, 2.05) is 0 Å². The molecule has 4 aromatic carbocycles. The van der Waals surface area contributed by atoms with E-state index in [4.69, 9.17) is 9.47 Å². The Labute approximate surface area is 347 Å². The highest BCUT2D eigenvalue weighted by Crippen LogP contribution is 2.33. The van der Waals surface area contributed by atoms with Crippen molar-refractivity contribution in [3.05, 3.63) is 95.1 Å². The van der Waals surface area contributed by atoms with E-state index in [-0.39, 0.29) is 54.9 Å². The number of nitrogens with one attached hydrogen (secondary N) is 2. The number of nitrogens with zero attached hydrogens (tertiary/aromatic N) is 2. The Hall–Kier alpha value is -5.20. The number of carbonyl (C=O) groups excluding carboxylic acids is 2. The monoisotopic (exact) mass is 904 g/mol. The molecule has 0 unspecified atom stereocenters.